The molecule has 6 heteroatoms. The summed E-state index contributed by atoms with van der Waals surface area (Å²) in [5.74, 6) is -0.452. The van der Waals surface area contributed by atoms with Crippen LogP contribution in [0.15, 0.2) is 95.9 Å². The molecule has 0 radical (unpaired) electrons. The summed E-state index contributed by atoms with van der Waals surface area (Å²) in [5.41, 5.74) is 3.80. The number of thiazole rings is 1. The van der Waals surface area contributed by atoms with E-state index in [9.17, 15) is 9.59 Å². The van der Waals surface area contributed by atoms with E-state index in [1.165, 1.54) is 0 Å². The van der Waals surface area contributed by atoms with Gasteiger partial charge in [-0.1, -0.05) is 54.6 Å². The van der Waals surface area contributed by atoms with Crippen LogP contribution < -0.4 is 0 Å². The summed E-state index contributed by atoms with van der Waals surface area (Å²) >= 11 is 3.20. The standard InChI is InChI=1S/C29H16N2O2S2/c32-26-21-13-18-9-4-5-10-19(18)14-22(21)27(33)23(26)15-20-16-24-28(31(20)25-11-6-12-34-25)30-29(35-24)17-7-2-1-3-8-17/h1-16H. The van der Waals surface area contributed by atoms with Gasteiger partial charge in [-0.15, -0.1) is 22.7 Å². The van der Waals surface area contributed by atoms with E-state index in [1.54, 1.807) is 28.7 Å². The van der Waals surface area contributed by atoms with Gasteiger partial charge in [0.2, 0.25) is 0 Å². The Morgan fingerprint density at radius 3 is 2.11 bits per heavy atom. The maximum Gasteiger partial charge on any atom is 0.197 e. The molecule has 0 aliphatic heterocycles. The Hall–Kier alpha value is -4.13. The van der Waals surface area contributed by atoms with Gasteiger partial charge < -0.3 is 0 Å². The van der Waals surface area contributed by atoms with Gasteiger partial charge >= 0.3 is 0 Å². The van der Waals surface area contributed by atoms with E-state index >= 15 is 0 Å². The molecule has 0 unspecified atom stereocenters. The Labute approximate surface area is 208 Å². The van der Waals surface area contributed by atoms with Crippen molar-refractivity contribution in [3.63, 3.8) is 0 Å². The van der Waals surface area contributed by atoms with E-state index in [0.29, 0.717) is 11.1 Å². The van der Waals surface area contributed by atoms with Gasteiger partial charge in [0.15, 0.2) is 17.2 Å². The molecule has 4 nitrogen and oxygen atoms in total. The van der Waals surface area contributed by atoms with Crippen LogP contribution in [0.3, 0.4) is 0 Å². The smallest absolute Gasteiger partial charge is 0.197 e. The molecule has 0 spiro atoms. The zero-order valence-corrected chi connectivity index (χ0v) is 19.9. The molecule has 0 saturated heterocycles. The number of nitrogens with zero attached hydrogens (tertiary/aromatic N) is 2. The minimum atomic E-state index is -0.226. The lowest BCUT2D eigenvalue weighted by Gasteiger charge is -2.05. The lowest BCUT2D eigenvalue weighted by molar-refractivity contribution is 0.0990. The van der Waals surface area contributed by atoms with Gasteiger partial charge in [-0.2, -0.15) is 0 Å². The molecule has 1 aliphatic rings. The van der Waals surface area contributed by atoms with Gasteiger partial charge in [0.1, 0.15) is 10.0 Å². The topological polar surface area (TPSA) is 52.0 Å². The van der Waals surface area contributed by atoms with Crippen LogP contribution in [0.25, 0.3) is 42.8 Å². The number of allylic oxidation sites excluding steroid dienone is 1. The fraction of sp³-hybridized carbons (Fsp3) is 0. The molecule has 0 saturated carbocycles. The lowest BCUT2D eigenvalue weighted by atomic mass is 10.0. The number of thiophene rings is 1. The molecule has 3 heterocycles. The van der Waals surface area contributed by atoms with Crippen molar-refractivity contribution in [2.45, 2.75) is 0 Å². The predicted octanol–water partition coefficient (Wildman–Crippen LogP) is 7.43. The van der Waals surface area contributed by atoms with Crippen LogP contribution in [0.4, 0.5) is 0 Å². The van der Waals surface area contributed by atoms with E-state index in [0.717, 1.165) is 42.4 Å². The van der Waals surface area contributed by atoms with E-state index < -0.39 is 0 Å². The molecule has 0 amide bonds. The van der Waals surface area contributed by atoms with Crippen molar-refractivity contribution < 1.29 is 9.59 Å². The molecular weight excluding hydrogens is 472 g/mol. The maximum absolute atomic E-state index is 13.3. The largest absolute Gasteiger partial charge is 0.288 e. The summed E-state index contributed by atoms with van der Waals surface area (Å²) in [6.45, 7) is 0. The number of Topliss-reactive ketones (excluding diaryl/α,β-unsaturated/α-hetero) is 2. The van der Waals surface area contributed by atoms with Crippen LogP contribution in [0.5, 0.6) is 0 Å². The normalized spacial score (nSPS) is 13.2. The Morgan fingerprint density at radius 1 is 0.771 bits per heavy atom. The molecule has 6 aromatic rings. The number of aromatic nitrogens is 2. The molecule has 166 valence electrons. The fourth-order valence-electron chi connectivity index (χ4n) is 4.63. The van der Waals surface area contributed by atoms with E-state index in [2.05, 4.69) is 0 Å². The second kappa shape index (κ2) is 7.70. The highest BCUT2D eigenvalue weighted by molar-refractivity contribution is 7.21. The summed E-state index contributed by atoms with van der Waals surface area (Å²) in [6.07, 6.45) is 1.73. The third kappa shape index (κ3) is 3.15. The van der Waals surface area contributed by atoms with Gasteiger partial charge in [0, 0.05) is 16.7 Å². The number of benzene rings is 3. The van der Waals surface area contributed by atoms with E-state index in [-0.39, 0.29) is 17.1 Å². The molecule has 0 bridgehead atoms. The van der Waals surface area contributed by atoms with Crippen molar-refractivity contribution in [1.29, 1.82) is 0 Å². The first kappa shape index (κ1) is 20.3. The summed E-state index contributed by atoms with van der Waals surface area (Å²) in [5, 5.41) is 5.84. The summed E-state index contributed by atoms with van der Waals surface area (Å²) in [4.78, 5) is 31.6. The van der Waals surface area contributed by atoms with Crippen LogP contribution >= 0.6 is 22.7 Å². The Balaban J connectivity index is 1.40. The zero-order valence-electron chi connectivity index (χ0n) is 18.3. The van der Waals surface area contributed by atoms with Crippen molar-refractivity contribution in [3.8, 4) is 15.6 Å². The average Bonchev–Trinajstić information content (AvgIpc) is 3.66. The van der Waals surface area contributed by atoms with Crippen LogP contribution in [-0.2, 0) is 0 Å². The predicted molar refractivity (Wildman–Crippen MR) is 143 cm³/mol. The van der Waals surface area contributed by atoms with Crippen molar-refractivity contribution in [3.05, 3.63) is 113 Å². The van der Waals surface area contributed by atoms with Gasteiger partial charge in [0.25, 0.3) is 0 Å². The Kier molecular flexibility index (Phi) is 4.46. The molecule has 0 atom stereocenters. The molecule has 0 fully saturated rings. The highest BCUT2D eigenvalue weighted by Gasteiger charge is 2.34. The summed E-state index contributed by atoms with van der Waals surface area (Å²) in [7, 11) is 0. The zero-order chi connectivity index (χ0) is 23.5. The SMILES string of the molecule is O=C1C(=Cc2cc3sc(-c4ccccc4)nc3n2-c2cccs2)C(=O)c2cc3ccccc3cc21. The number of carbonyl (C=O) groups excluding carboxylic acids is 2. The van der Waals surface area contributed by atoms with Gasteiger partial charge in [-0.3, -0.25) is 14.2 Å². The number of carbonyl (C=O) groups is 2. The Morgan fingerprint density at radius 2 is 1.46 bits per heavy atom. The highest BCUT2D eigenvalue weighted by Crippen LogP contribution is 2.37. The van der Waals surface area contributed by atoms with E-state index in [1.807, 2.05) is 94.9 Å². The highest BCUT2D eigenvalue weighted by atomic mass is 32.1. The quantitative estimate of drug-likeness (QED) is 0.192. The van der Waals surface area contributed by atoms with Crippen molar-refractivity contribution in [2.75, 3.05) is 0 Å². The fourth-order valence-corrected chi connectivity index (χ4v) is 6.38. The summed E-state index contributed by atoms with van der Waals surface area (Å²) in [6, 6.07) is 27.6. The van der Waals surface area contributed by atoms with Crippen LogP contribution in [0.2, 0.25) is 0 Å². The second-order valence-electron chi connectivity index (χ2n) is 8.39. The first-order valence-electron chi connectivity index (χ1n) is 11.1. The van der Waals surface area contributed by atoms with Gasteiger partial charge in [0.05, 0.1) is 16.0 Å². The number of hydrogen-bond acceptors (Lipinski definition) is 5. The Bertz CT molecular complexity index is 1770. The van der Waals surface area contributed by atoms with Gasteiger partial charge in [-0.25, -0.2) is 4.98 Å². The van der Waals surface area contributed by atoms with Crippen LogP contribution in [-0.4, -0.2) is 21.1 Å². The molecule has 7 rings (SSSR count). The minimum absolute atomic E-state index is 0.196. The second-order valence-corrected chi connectivity index (χ2v) is 10.3. The molecule has 35 heavy (non-hydrogen) atoms. The van der Waals surface area contributed by atoms with E-state index in [4.69, 9.17) is 4.98 Å². The third-order valence-electron chi connectivity index (χ3n) is 6.29. The first-order chi connectivity index (χ1) is 17.2. The van der Waals surface area contributed by atoms with Crippen LogP contribution in [0.1, 0.15) is 26.4 Å². The van der Waals surface area contributed by atoms with Crippen molar-refractivity contribution >= 4 is 61.4 Å². The summed E-state index contributed by atoms with van der Waals surface area (Å²) < 4.78 is 3.04. The minimum Gasteiger partial charge on any atom is -0.288 e. The monoisotopic (exact) mass is 488 g/mol. The molecule has 0 N–H and O–H groups in total. The average molecular weight is 489 g/mol. The molecule has 3 aromatic carbocycles. The number of hydrogen-bond donors (Lipinski definition) is 0. The number of fused-ring (bicyclic) bond motifs is 3. The maximum atomic E-state index is 13.3. The molecule has 1 aliphatic carbocycles. The van der Waals surface area contributed by atoms with Crippen molar-refractivity contribution in [2.24, 2.45) is 0 Å². The number of rotatable bonds is 3. The molecule has 3 aromatic heterocycles. The lowest BCUT2D eigenvalue weighted by Crippen LogP contribution is -2.02. The first-order valence-corrected chi connectivity index (χ1v) is 12.8. The van der Waals surface area contributed by atoms with Crippen molar-refractivity contribution in [1.82, 2.24) is 9.55 Å². The third-order valence-corrected chi connectivity index (χ3v) is 8.18. The molecular formula is C29H16N2O2S2. The number of ketones is 2. The van der Waals surface area contributed by atoms with Crippen LogP contribution in [0, 0.1) is 0 Å². The van der Waals surface area contributed by atoms with Gasteiger partial charge in [-0.05, 0) is 52.6 Å².